The zero-order chi connectivity index (χ0) is 17.2. The number of nitrogens with zero attached hydrogens (tertiary/aromatic N) is 1. The van der Waals surface area contributed by atoms with Crippen LogP contribution in [0.4, 0.5) is 17.6 Å². The molecule has 0 aliphatic carbocycles. The third-order valence-electron chi connectivity index (χ3n) is 3.18. The fraction of sp³-hybridized carbons (Fsp3) is 0.357. The highest BCUT2D eigenvalue weighted by Gasteiger charge is 2.35. The van der Waals surface area contributed by atoms with E-state index >= 15 is 0 Å². The molecule has 2 rings (SSSR count). The first kappa shape index (κ1) is 17.5. The van der Waals surface area contributed by atoms with Crippen LogP contribution in [0.2, 0.25) is 0 Å². The van der Waals surface area contributed by atoms with Gasteiger partial charge in [-0.25, -0.2) is 8.78 Å². The van der Waals surface area contributed by atoms with Crippen LogP contribution in [0.5, 0.6) is 5.75 Å². The van der Waals surface area contributed by atoms with Crippen molar-refractivity contribution in [3.05, 3.63) is 29.1 Å². The van der Waals surface area contributed by atoms with E-state index in [2.05, 4.69) is 0 Å². The summed E-state index contributed by atoms with van der Waals surface area (Å²) in [5, 5.41) is 8.43. The second-order valence-corrected chi connectivity index (χ2v) is 5.82. The highest BCUT2D eigenvalue weighted by Crippen LogP contribution is 2.41. The van der Waals surface area contributed by atoms with Gasteiger partial charge in [0.15, 0.2) is 0 Å². The maximum Gasteiger partial charge on any atom is 0.339 e. The van der Waals surface area contributed by atoms with Crippen molar-refractivity contribution in [1.29, 1.82) is 0 Å². The Morgan fingerprint density at radius 1 is 1.39 bits per heavy atom. The number of amides is 1. The van der Waals surface area contributed by atoms with E-state index in [1.54, 1.807) is 18.2 Å². The number of thiophene rings is 1. The number of alkyl halides is 4. The molecule has 0 radical (unpaired) electrons. The SMILES string of the molecule is COc1ccc2sc(C(F)(F)CCC(=O)N(O)C(F)F)cc2c1. The summed E-state index contributed by atoms with van der Waals surface area (Å²) in [5.74, 6) is -4.30. The first-order valence-electron chi connectivity index (χ1n) is 6.49. The summed E-state index contributed by atoms with van der Waals surface area (Å²) < 4.78 is 58.1. The predicted octanol–water partition coefficient (Wildman–Crippen LogP) is 4.22. The molecule has 0 saturated heterocycles. The van der Waals surface area contributed by atoms with Crippen LogP contribution in [0.1, 0.15) is 17.7 Å². The minimum atomic E-state index is -3.44. The zero-order valence-corrected chi connectivity index (χ0v) is 12.7. The van der Waals surface area contributed by atoms with Crippen molar-refractivity contribution in [1.82, 2.24) is 5.06 Å². The van der Waals surface area contributed by atoms with Crippen LogP contribution in [-0.4, -0.2) is 29.8 Å². The van der Waals surface area contributed by atoms with Crippen LogP contribution < -0.4 is 4.74 Å². The number of carbonyl (C=O) groups excluding carboxylic acids is 1. The Morgan fingerprint density at radius 3 is 2.70 bits per heavy atom. The molecule has 1 aromatic carbocycles. The average molecular weight is 351 g/mol. The van der Waals surface area contributed by atoms with Crippen molar-refractivity contribution in [2.24, 2.45) is 0 Å². The summed E-state index contributed by atoms with van der Waals surface area (Å²) in [4.78, 5) is 10.9. The molecule has 0 aliphatic heterocycles. The Morgan fingerprint density at radius 2 is 2.09 bits per heavy atom. The van der Waals surface area contributed by atoms with Gasteiger partial charge in [-0.2, -0.15) is 13.8 Å². The molecule has 0 fully saturated rings. The Kier molecular flexibility index (Phi) is 5.10. The molecule has 0 aliphatic rings. The van der Waals surface area contributed by atoms with Gasteiger partial charge in [-0.15, -0.1) is 11.3 Å². The molecule has 1 aromatic heterocycles. The molecular weight excluding hydrogens is 338 g/mol. The maximum atomic E-state index is 14.1. The number of hydrogen-bond acceptors (Lipinski definition) is 4. The van der Waals surface area contributed by atoms with E-state index in [-0.39, 0.29) is 4.88 Å². The van der Waals surface area contributed by atoms with Gasteiger partial charge < -0.3 is 4.74 Å². The number of hydrogen-bond donors (Lipinski definition) is 1. The van der Waals surface area contributed by atoms with Crippen molar-refractivity contribution in [2.75, 3.05) is 7.11 Å². The number of ether oxygens (including phenoxy) is 1. The van der Waals surface area contributed by atoms with Crippen molar-refractivity contribution in [3.63, 3.8) is 0 Å². The second kappa shape index (κ2) is 6.71. The Labute approximate surface area is 132 Å². The summed E-state index contributed by atoms with van der Waals surface area (Å²) in [5.41, 5.74) is 0. The van der Waals surface area contributed by atoms with Crippen LogP contribution in [0, 0.1) is 0 Å². The average Bonchev–Trinajstić information content (AvgIpc) is 2.95. The normalized spacial score (nSPS) is 12.0. The number of hydroxylamine groups is 2. The smallest absolute Gasteiger partial charge is 0.339 e. The van der Waals surface area contributed by atoms with Crippen LogP contribution in [0.3, 0.4) is 0 Å². The van der Waals surface area contributed by atoms with E-state index in [1.807, 2.05) is 0 Å². The van der Waals surface area contributed by atoms with Crippen molar-refractivity contribution in [3.8, 4) is 5.75 Å². The Bertz CT molecular complexity index is 704. The molecule has 1 amide bonds. The lowest BCUT2D eigenvalue weighted by Gasteiger charge is -2.17. The Hall–Kier alpha value is -1.87. The van der Waals surface area contributed by atoms with Gasteiger partial charge in [0, 0.05) is 17.5 Å². The van der Waals surface area contributed by atoms with Crippen molar-refractivity contribution >= 4 is 27.3 Å². The van der Waals surface area contributed by atoms with Crippen LogP contribution in [0.25, 0.3) is 10.1 Å². The highest BCUT2D eigenvalue weighted by molar-refractivity contribution is 7.19. The van der Waals surface area contributed by atoms with Gasteiger partial charge in [0.05, 0.1) is 12.0 Å². The maximum absolute atomic E-state index is 14.1. The first-order chi connectivity index (χ1) is 10.7. The standard InChI is InChI=1S/C14H13F4NO3S/c1-22-9-2-3-10-8(6-9)7-11(23-10)14(17,18)5-4-12(20)19(21)13(15)16/h2-3,6-7,13,21H,4-5H2,1H3. The summed E-state index contributed by atoms with van der Waals surface area (Å²) >= 11 is 0.849. The third-order valence-corrected chi connectivity index (χ3v) is 4.41. The molecule has 1 heterocycles. The largest absolute Gasteiger partial charge is 0.497 e. The molecule has 2 aromatic rings. The molecule has 0 unspecified atom stereocenters. The van der Waals surface area contributed by atoms with Crippen LogP contribution in [0.15, 0.2) is 24.3 Å². The molecule has 126 valence electrons. The number of benzene rings is 1. The van der Waals surface area contributed by atoms with E-state index in [1.165, 1.54) is 13.2 Å². The summed E-state index contributed by atoms with van der Waals surface area (Å²) in [6.45, 7) is -3.44. The molecule has 23 heavy (non-hydrogen) atoms. The van der Waals surface area contributed by atoms with E-state index in [4.69, 9.17) is 9.94 Å². The molecule has 0 spiro atoms. The van der Waals surface area contributed by atoms with E-state index in [9.17, 15) is 22.4 Å². The monoisotopic (exact) mass is 351 g/mol. The van der Waals surface area contributed by atoms with Gasteiger partial charge in [0.25, 0.3) is 11.8 Å². The summed E-state index contributed by atoms with van der Waals surface area (Å²) in [6, 6.07) is 6.14. The van der Waals surface area contributed by atoms with E-state index < -0.39 is 36.3 Å². The second-order valence-electron chi connectivity index (χ2n) is 4.73. The molecule has 4 nitrogen and oxygen atoms in total. The Balaban J connectivity index is 2.14. The van der Waals surface area contributed by atoms with E-state index in [0.717, 1.165) is 11.3 Å². The zero-order valence-electron chi connectivity index (χ0n) is 11.9. The number of fused-ring (bicyclic) bond motifs is 1. The minimum Gasteiger partial charge on any atom is -0.497 e. The molecular formula is C14H13F4NO3S. The van der Waals surface area contributed by atoms with Crippen LogP contribution in [-0.2, 0) is 10.7 Å². The fourth-order valence-electron chi connectivity index (χ4n) is 1.94. The first-order valence-corrected chi connectivity index (χ1v) is 7.31. The topological polar surface area (TPSA) is 49.8 Å². The van der Waals surface area contributed by atoms with E-state index in [0.29, 0.717) is 15.8 Å². The number of rotatable bonds is 6. The molecule has 9 heteroatoms. The van der Waals surface area contributed by atoms with Gasteiger partial charge >= 0.3 is 6.55 Å². The fourth-order valence-corrected chi connectivity index (χ4v) is 2.99. The lowest BCUT2D eigenvalue weighted by atomic mass is 10.1. The number of carbonyl (C=O) groups is 1. The molecule has 1 N–H and O–H groups in total. The van der Waals surface area contributed by atoms with Crippen LogP contribution >= 0.6 is 11.3 Å². The quantitative estimate of drug-likeness (QED) is 0.367. The summed E-state index contributed by atoms with van der Waals surface area (Å²) in [6.07, 6.45) is -1.87. The number of methoxy groups -OCH3 is 1. The van der Waals surface area contributed by atoms with Crippen molar-refractivity contribution < 1.29 is 32.3 Å². The highest BCUT2D eigenvalue weighted by atomic mass is 32.1. The molecule has 0 saturated carbocycles. The van der Waals surface area contributed by atoms with Gasteiger partial charge in [-0.1, -0.05) is 0 Å². The van der Waals surface area contributed by atoms with Gasteiger partial charge in [0.1, 0.15) is 5.75 Å². The molecule has 0 bridgehead atoms. The summed E-state index contributed by atoms with van der Waals surface area (Å²) in [7, 11) is 1.46. The lowest BCUT2D eigenvalue weighted by Crippen LogP contribution is -2.32. The van der Waals surface area contributed by atoms with Crippen molar-refractivity contribution in [2.45, 2.75) is 25.3 Å². The molecule has 0 atom stereocenters. The van der Waals surface area contributed by atoms with Gasteiger partial charge in [0.2, 0.25) is 0 Å². The van der Waals surface area contributed by atoms with Gasteiger partial charge in [-0.05, 0) is 29.7 Å². The minimum absolute atomic E-state index is 0.282. The van der Waals surface area contributed by atoms with Gasteiger partial charge in [-0.3, -0.25) is 10.0 Å². The number of halogens is 4. The predicted molar refractivity (Wildman–Crippen MR) is 76.1 cm³/mol. The lowest BCUT2D eigenvalue weighted by molar-refractivity contribution is -0.218. The third kappa shape index (κ3) is 3.91.